The number of halogens is 2. The Morgan fingerprint density at radius 3 is 2.61 bits per heavy atom. The number of cyclic esters (lactones) is 1. The minimum atomic E-state index is -0.434. The number of aliphatic hydroxyl groups excluding tert-OH is 1. The van der Waals surface area contributed by atoms with Crippen LogP contribution in [0.25, 0.3) is 11.3 Å². The summed E-state index contributed by atoms with van der Waals surface area (Å²) in [5, 5.41) is 15.3. The van der Waals surface area contributed by atoms with Crippen LogP contribution >= 0.6 is 24.0 Å². The molecular formula is C22H27Cl2N3O4. The molecule has 1 N–H and O–H groups in total. The average Bonchev–Trinajstić information content (AvgIpc) is 3.35. The molecule has 1 amide bonds. The zero-order chi connectivity index (χ0) is 20.9. The molecule has 9 heteroatoms. The Labute approximate surface area is 193 Å². The number of ether oxygens (including phenoxy) is 1. The predicted octanol–water partition coefficient (Wildman–Crippen LogP) is 4.27. The van der Waals surface area contributed by atoms with Gasteiger partial charge in [-0.05, 0) is 74.7 Å². The number of furan rings is 1. The third-order valence-corrected chi connectivity index (χ3v) is 5.89. The SMILES string of the molecule is Cl.O=C1OC(CN2CCC(CCO)CC2)CN1/N=C/c1ccc(-c2ccc(Cl)cc2)o1. The zero-order valence-corrected chi connectivity index (χ0v) is 18.7. The quantitative estimate of drug-likeness (QED) is 0.614. The number of aliphatic hydroxyl groups is 1. The van der Waals surface area contributed by atoms with E-state index in [2.05, 4.69) is 10.0 Å². The largest absolute Gasteiger partial charge is 0.455 e. The summed E-state index contributed by atoms with van der Waals surface area (Å²) in [6, 6.07) is 11.1. The topological polar surface area (TPSA) is 78.5 Å². The lowest BCUT2D eigenvalue weighted by atomic mass is 9.94. The molecule has 0 spiro atoms. The first-order chi connectivity index (χ1) is 14.6. The van der Waals surface area contributed by atoms with Gasteiger partial charge in [0.1, 0.15) is 17.6 Å². The number of hydrogen-bond donors (Lipinski definition) is 1. The smallest absolute Gasteiger partial charge is 0.430 e. The Bertz CT molecular complexity index is 879. The van der Waals surface area contributed by atoms with Gasteiger partial charge in [-0.1, -0.05) is 11.6 Å². The molecule has 0 aliphatic carbocycles. The molecule has 2 fully saturated rings. The van der Waals surface area contributed by atoms with Crippen LogP contribution in [0.5, 0.6) is 0 Å². The number of benzene rings is 1. The highest BCUT2D eigenvalue weighted by atomic mass is 35.5. The Balaban J connectivity index is 0.00000272. The Morgan fingerprint density at radius 1 is 1.16 bits per heavy atom. The molecule has 2 saturated heterocycles. The van der Waals surface area contributed by atoms with E-state index in [-0.39, 0.29) is 25.1 Å². The number of carbonyl (C=O) groups is 1. The third-order valence-electron chi connectivity index (χ3n) is 5.64. The van der Waals surface area contributed by atoms with Crippen molar-refractivity contribution in [1.29, 1.82) is 0 Å². The van der Waals surface area contributed by atoms with Crippen molar-refractivity contribution in [2.45, 2.75) is 25.4 Å². The second-order valence-electron chi connectivity index (χ2n) is 7.80. The zero-order valence-electron chi connectivity index (χ0n) is 17.2. The van der Waals surface area contributed by atoms with E-state index in [1.165, 1.54) is 11.2 Å². The van der Waals surface area contributed by atoms with Crippen molar-refractivity contribution in [2.75, 3.05) is 32.8 Å². The monoisotopic (exact) mass is 467 g/mol. The minimum Gasteiger partial charge on any atom is -0.455 e. The highest BCUT2D eigenvalue weighted by Gasteiger charge is 2.33. The first kappa shape index (κ1) is 23.6. The molecule has 0 radical (unpaired) electrons. The molecule has 3 heterocycles. The lowest BCUT2D eigenvalue weighted by molar-refractivity contribution is 0.0866. The second-order valence-corrected chi connectivity index (χ2v) is 8.23. The van der Waals surface area contributed by atoms with Gasteiger partial charge in [0.25, 0.3) is 0 Å². The second kappa shape index (κ2) is 11.0. The van der Waals surface area contributed by atoms with E-state index < -0.39 is 6.09 Å². The fourth-order valence-electron chi connectivity index (χ4n) is 3.94. The van der Waals surface area contributed by atoms with Crippen molar-refractivity contribution >= 4 is 36.3 Å². The third kappa shape index (κ3) is 6.23. The van der Waals surface area contributed by atoms with Crippen molar-refractivity contribution in [2.24, 2.45) is 11.0 Å². The summed E-state index contributed by atoms with van der Waals surface area (Å²) in [4.78, 5) is 14.5. The lowest BCUT2D eigenvalue weighted by Crippen LogP contribution is -2.40. The van der Waals surface area contributed by atoms with Crippen LogP contribution in [-0.2, 0) is 4.74 Å². The Kier molecular flexibility index (Phi) is 8.37. The number of carbonyl (C=O) groups excluding carboxylic acids is 1. The van der Waals surface area contributed by atoms with Crippen molar-refractivity contribution in [3.8, 4) is 11.3 Å². The van der Waals surface area contributed by atoms with Gasteiger partial charge in [-0.25, -0.2) is 4.79 Å². The van der Waals surface area contributed by atoms with Crippen LogP contribution in [0.3, 0.4) is 0 Å². The summed E-state index contributed by atoms with van der Waals surface area (Å²) >= 11 is 5.92. The summed E-state index contributed by atoms with van der Waals surface area (Å²) in [7, 11) is 0. The predicted molar refractivity (Wildman–Crippen MR) is 122 cm³/mol. The fraction of sp³-hybridized carbons (Fsp3) is 0.455. The van der Waals surface area contributed by atoms with E-state index in [0.717, 1.165) is 37.9 Å². The summed E-state index contributed by atoms with van der Waals surface area (Å²) in [5.74, 6) is 1.87. The molecule has 2 aliphatic rings. The van der Waals surface area contributed by atoms with E-state index >= 15 is 0 Å². The molecule has 2 aromatic rings. The van der Waals surface area contributed by atoms with Gasteiger partial charge in [0.2, 0.25) is 0 Å². The first-order valence-corrected chi connectivity index (χ1v) is 10.7. The molecule has 2 aliphatic heterocycles. The number of piperidine rings is 1. The Hall–Kier alpha value is -2.06. The van der Waals surface area contributed by atoms with Gasteiger partial charge in [0.15, 0.2) is 0 Å². The molecule has 7 nitrogen and oxygen atoms in total. The van der Waals surface area contributed by atoms with E-state index in [4.69, 9.17) is 25.9 Å². The number of rotatable bonds is 7. The van der Waals surface area contributed by atoms with E-state index in [1.54, 1.807) is 0 Å². The van der Waals surface area contributed by atoms with Crippen LogP contribution in [-0.4, -0.2) is 66.2 Å². The van der Waals surface area contributed by atoms with Crippen molar-refractivity contribution < 1.29 is 19.1 Å². The number of hydrazone groups is 1. The van der Waals surface area contributed by atoms with Crippen LogP contribution in [0, 0.1) is 5.92 Å². The van der Waals surface area contributed by atoms with Crippen LogP contribution in [0.15, 0.2) is 45.9 Å². The molecule has 168 valence electrons. The summed E-state index contributed by atoms with van der Waals surface area (Å²) in [5.41, 5.74) is 0.919. The molecule has 31 heavy (non-hydrogen) atoms. The average molecular weight is 468 g/mol. The van der Waals surface area contributed by atoms with Crippen LogP contribution in [0.2, 0.25) is 5.02 Å². The van der Waals surface area contributed by atoms with Crippen LogP contribution in [0.1, 0.15) is 25.0 Å². The molecule has 4 rings (SSSR count). The van der Waals surface area contributed by atoms with Gasteiger partial charge in [-0.3, -0.25) is 4.90 Å². The minimum absolute atomic E-state index is 0. The van der Waals surface area contributed by atoms with E-state index in [9.17, 15) is 4.79 Å². The maximum atomic E-state index is 12.1. The van der Waals surface area contributed by atoms with Crippen molar-refractivity contribution in [3.05, 3.63) is 47.2 Å². The molecule has 1 aromatic heterocycles. The molecular weight excluding hydrogens is 441 g/mol. The van der Waals surface area contributed by atoms with Gasteiger partial charge in [0, 0.05) is 23.7 Å². The lowest BCUT2D eigenvalue weighted by Gasteiger charge is -2.32. The van der Waals surface area contributed by atoms with Crippen LogP contribution in [0.4, 0.5) is 4.79 Å². The Morgan fingerprint density at radius 2 is 1.90 bits per heavy atom. The van der Waals surface area contributed by atoms with Gasteiger partial charge in [0.05, 0.1) is 12.8 Å². The number of likely N-dealkylation sites (tertiary alicyclic amines) is 1. The molecule has 1 unspecified atom stereocenters. The normalized spacial score (nSPS) is 20.3. The number of amides is 1. The highest BCUT2D eigenvalue weighted by Crippen LogP contribution is 2.24. The summed E-state index contributed by atoms with van der Waals surface area (Å²) in [6.07, 6.45) is 3.95. The van der Waals surface area contributed by atoms with Crippen LogP contribution < -0.4 is 0 Å². The van der Waals surface area contributed by atoms with E-state index in [0.29, 0.717) is 35.6 Å². The van der Waals surface area contributed by atoms with Crippen molar-refractivity contribution in [1.82, 2.24) is 9.91 Å². The summed E-state index contributed by atoms with van der Waals surface area (Å²) < 4.78 is 11.3. The number of hydrogen-bond acceptors (Lipinski definition) is 6. The first-order valence-electron chi connectivity index (χ1n) is 10.3. The molecule has 1 atom stereocenters. The van der Waals surface area contributed by atoms with Gasteiger partial charge in [-0.15, -0.1) is 12.4 Å². The van der Waals surface area contributed by atoms with Gasteiger partial charge < -0.3 is 14.3 Å². The van der Waals surface area contributed by atoms with E-state index in [1.807, 2.05) is 36.4 Å². The number of nitrogens with zero attached hydrogens (tertiary/aromatic N) is 3. The molecule has 0 saturated carbocycles. The van der Waals surface area contributed by atoms with Gasteiger partial charge in [-0.2, -0.15) is 10.1 Å². The highest BCUT2D eigenvalue weighted by molar-refractivity contribution is 6.30. The maximum absolute atomic E-state index is 12.1. The fourth-order valence-corrected chi connectivity index (χ4v) is 4.07. The summed E-state index contributed by atoms with van der Waals surface area (Å²) in [6.45, 7) is 3.35. The standard InChI is InChI=1S/C22H26ClN3O4.ClH/c23-18-3-1-17(2-4-18)21-6-5-19(29-21)13-24-26-15-20(30-22(26)28)14-25-10-7-16(8-11-25)9-12-27;/h1-6,13,16,20,27H,7-12,14-15H2;1H/b24-13+;. The maximum Gasteiger partial charge on any atom is 0.430 e. The van der Waals surface area contributed by atoms with Crippen molar-refractivity contribution in [3.63, 3.8) is 0 Å². The molecule has 0 bridgehead atoms. The molecule has 1 aromatic carbocycles. The van der Waals surface area contributed by atoms with Gasteiger partial charge >= 0.3 is 6.09 Å².